The molecule has 0 N–H and O–H groups in total. The van der Waals surface area contributed by atoms with Crippen LogP contribution in [-0.2, 0) is 5.54 Å². The summed E-state index contributed by atoms with van der Waals surface area (Å²) in [5.74, 6) is 0.374. The van der Waals surface area contributed by atoms with Crippen molar-refractivity contribution < 1.29 is 0 Å². The predicted molar refractivity (Wildman–Crippen MR) is 141 cm³/mol. The van der Waals surface area contributed by atoms with Crippen LogP contribution in [0.15, 0.2) is 53.6 Å². The molecule has 2 aromatic rings. The zero-order valence-corrected chi connectivity index (χ0v) is 22.3. The maximum absolute atomic E-state index is 10.8. The second-order valence-corrected chi connectivity index (χ2v) is 12.3. The van der Waals surface area contributed by atoms with Crippen molar-refractivity contribution in [1.29, 1.82) is 10.5 Å². The first-order valence-electron chi connectivity index (χ1n) is 12.7. The third-order valence-corrected chi connectivity index (χ3v) is 9.91. The summed E-state index contributed by atoms with van der Waals surface area (Å²) in [5.41, 5.74) is 0.924. The normalized spacial score (nSPS) is 33.8. The minimum atomic E-state index is -1.41. The average Bonchev–Trinajstić information content (AvgIpc) is 3.19. The van der Waals surface area contributed by atoms with Gasteiger partial charge in [0.2, 0.25) is 5.54 Å². The lowest BCUT2D eigenvalue weighted by atomic mass is 9.71. The molecule has 36 heavy (non-hydrogen) atoms. The smallest absolute Gasteiger partial charge is 0.246 e. The fourth-order valence-electron chi connectivity index (χ4n) is 7.92. The van der Waals surface area contributed by atoms with E-state index < -0.39 is 11.1 Å². The van der Waals surface area contributed by atoms with Gasteiger partial charge in [-0.25, -0.2) is 0 Å². The molecule has 5 nitrogen and oxygen atoms in total. The van der Waals surface area contributed by atoms with E-state index in [2.05, 4.69) is 49.9 Å². The lowest BCUT2D eigenvalue weighted by molar-refractivity contribution is 0.0309. The summed E-state index contributed by atoms with van der Waals surface area (Å²) in [5, 5.41) is 30.1. The van der Waals surface area contributed by atoms with Gasteiger partial charge in [0, 0.05) is 27.8 Å². The second-order valence-electron chi connectivity index (χ2n) is 11.4. The Labute approximate surface area is 222 Å². The minimum Gasteiger partial charge on any atom is -0.296 e. The lowest BCUT2D eigenvalue weighted by Crippen LogP contribution is -2.56. The van der Waals surface area contributed by atoms with Gasteiger partial charge in [-0.1, -0.05) is 68.2 Å². The Kier molecular flexibility index (Phi) is 5.27. The molecule has 0 spiro atoms. The van der Waals surface area contributed by atoms with Crippen LogP contribution >= 0.6 is 23.2 Å². The molecular weight excluding hydrogens is 489 g/mol. The van der Waals surface area contributed by atoms with Crippen LogP contribution in [0.25, 0.3) is 0 Å². The molecular formula is C29H29Cl2N5. The number of likely N-dealkylation sites (tertiary alicyclic amines) is 1. The molecule has 5 atom stereocenters. The molecule has 6 rings (SSSR count). The van der Waals surface area contributed by atoms with E-state index in [1.54, 1.807) is 0 Å². The highest BCUT2D eigenvalue weighted by atomic mass is 35.5. The third-order valence-electron chi connectivity index (χ3n) is 9.41. The van der Waals surface area contributed by atoms with E-state index in [0.29, 0.717) is 10.0 Å². The van der Waals surface area contributed by atoms with E-state index in [0.717, 1.165) is 42.8 Å². The Balaban J connectivity index is 1.65. The summed E-state index contributed by atoms with van der Waals surface area (Å²) in [6.07, 6.45) is 2.17. The molecule has 0 bridgehead atoms. The second kappa shape index (κ2) is 7.96. The summed E-state index contributed by atoms with van der Waals surface area (Å²) >= 11 is 12.5. The zero-order chi connectivity index (χ0) is 25.5. The van der Waals surface area contributed by atoms with E-state index >= 15 is 0 Å². The van der Waals surface area contributed by atoms with Crippen molar-refractivity contribution in [2.75, 3.05) is 13.1 Å². The first kappa shape index (κ1) is 23.8. The average molecular weight is 518 g/mol. The van der Waals surface area contributed by atoms with Gasteiger partial charge in [0.25, 0.3) is 0 Å². The van der Waals surface area contributed by atoms with Gasteiger partial charge < -0.3 is 0 Å². The number of nitrogens with zero attached hydrogens (tertiary/aromatic N) is 5. The van der Waals surface area contributed by atoms with E-state index in [4.69, 9.17) is 28.3 Å². The molecule has 2 aromatic carbocycles. The standard InChI is InChI=1S/C29H29Cl2N5/c1-18-26(35-14-4-5-15-35)28(16-32,17-33)36-29(18,20-8-12-22(31)13-9-20)25-23(27(25,2)3)24(34-36)19-6-10-21(30)11-7-19/h6-13,18,23,25-26H,4-5,14-15H2,1-3H3/t18-,23-,25+,26+,29-/m1/s1. The van der Waals surface area contributed by atoms with Gasteiger partial charge in [0.05, 0.1) is 17.3 Å². The van der Waals surface area contributed by atoms with E-state index in [9.17, 15) is 10.5 Å². The number of rotatable bonds is 3. The Bertz CT molecular complexity index is 1300. The molecule has 0 amide bonds. The fraction of sp³-hybridized carbons (Fsp3) is 0.483. The Hall–Kier alpha value is -2.57. The Morgan fingerprint density at radius 2 is 1.47 bits per heavy atom. The van der Waals surface area contributed by atoms with Crippen molar-refractivity contribution >= 4 is 28.9 Å². The lowest BCUT2D eigenvalue weighted by Gasteiger charge is -2.46. The maximum atomic E-state index is 10.8. The van der Waals surface area contributed by atoms with Gasteiger partial charge >= 0.3 is 0 Å². The summed E-state index contributed by atoms with van der Waals surface area (Å²) < 4.78 is 0. The van der Waals surface area contributed by atoms with Crippen molar-refractivity contribution in [2.45, 2.75) is 50.7 Å². The molecule has 2 saturated heterocycles. The summed E-state index contributed by atoms with van der Waals surface area (Å²) in [6, 6.07) is 20.5. The molecule has 0 radical (unpaired) electrons. The van der Waals surface area contributed by atoms with E-state index in [1.807, 2.05) is 41.4 Å². The Morgan fingerprint density at radius 3 is 2.03 bits per heavy atom. The molecule has 3 fully saturated rings. The molecule has 0 unspecified atom stereocenters. The number of hydrazone groups is 1. The van der Waals surface area contributed by atoms with Crippen molar-refractivity contribution in [3.8, 4) is 12.1 Å². The van der Waals surface area contributed by atoms with Crippen LogP contribution in [0, 0.1) is 45.8 Å². The van der Waals surface area contributed by atoms with Gasteiger partial charge in [-0.3, -0.25) is 9.91 Å². The highest BCUT2D eigenvalue weighted by molar-refractivity contribution is 6.31. The van der Waals surface area contributed by atoms with Crippen LogP contribution in [0.1, 0.15) is 44.7 Å². The van der Waals surface area contributed by atoms with E-state index in [-0.39, 0.29) is 29.2 Å². The molecule has 4 aliphatic rings. The fourth-order valence-corrected chi connectivity index (χ4v) is 8.17. The number of hydrogen-bond donors (Lipinski definition) is 0. The van der Waals surface area contributed by atoms with Crippen molar-refractivity contribution in [2.24, 2.45) is 28.3 Å². The summed E-state index contributed by atoms with van der Waals surface area (Å²) in [4.78, 5) is 2.37. The molecule has 0 aromatic heterocycles. The number of hydrogen-bond acceptors (Lipinski definition) is 5. The molecule has 184 valence electrons. The number of benzene rings is 2. The molecule has 3 heterocycles. The number of nitriles is 2. The molecule has 1 saturated carbocycles. The van der Waals surface area contributed by atoms with Crippen molar-refractivity contribution in [1.82, 2.24) is 9.91 Å². The van der Waals surface area contributed by atoms with Gasteiger partial charge in [-0.15, -0.1) is 0 Å². The van der Waals surface area contributed by atoms with Crippen molar-refractivity contribution in [3.05, 3.63) is 69.7 Å². The van der Waals surface area contributed by atoms with Gasteiger partial charge in [-0.05, 0) is 66.7 Å². The van der Waals surface area contributed by atoms with Crippen molar-refractivity contribution in [3.63, 3.8) is 0 Å². The first-order valence-corrected chi connectivity index (χ1v) is 13.5. The van der Waals surface area contributed by atoms with Crippen LogP contribution in [0.2, 0.25) is 10.0 Å². The quantitative estimate of drug-likeness (QED) is 0.494. The molecule has 7 heteroatoms. The SMILES string of the molecule is C[C@@H]1[C@H](N2CCCC2)C(C#N)(C#N)N2N=C(c3ccc(Cl)cc3)[C@@H]3[C@@H](C3(C)C)[C@]12c1ccc(Cl)cc1. The maximum Gasteiger partial charge on any atom is 0.246 e. The number of halogens is 2. The van der Waals surface area contributed by atoms with Gasteiger partial charge in [0.1, 0.15) is 12.1 Å². The number of fused-ring (bicyclic) bond motifs is 3. The molecule has 3 aliphatic heterocycles. The predicted octanol–water partition coefficient (Wildman–Crippen LogP) is 6.08. The van der Waals surface area contributed by atoms with Gasteiger partial charge in [-0.2, -0.15) is 15.6 Å². The van der Waals surface area contributed by atoms with Gasteiger partial charge in [0.15, 0.2) is 0 Å². The Morgan fingerprint density at radius 1 is 0.917 bits per heavy atom. The molecule has 1 aliphatic carbocycles. The highest BCUT2D eigenvalue weighted by Gasteiger charge is 2.81. The third kappa shape index (κ3) is 2.89. The van der Waals surface area contributed by atoms with Crippen LogP contribution in [0.4, 0.5) is 0 Å². The van der Waals surface area contributed by atoms with Crippen LogP contribution in [0.3, 0.4) is 0 Å². The van der Waals surface area contributed by atoms with Crippen LogP contribution in [0.5, 0.6) is 0 Å². The van der Waals surface area contributed by atoms with Crippen LogP contribution < -0.4 is 0 Å². The van der Waals surface area contributed by atoms with E-state index in [1.165, 1.54) is 0 Å². The largest absolute Gasteiger partial charge is 0.296 e. The minimum absolute atomic E-state index is 0.000804. The van der Waals surface area contributed by atoms with Crippen LogP contribution in [-0.4, -0.2) is 40.3 Å². The zero-order valence-electron chi connectivity index (χ0n) is 20.7. The monoisotopic (exact) mass is 517 g/mol. The topological polar surface area (TPSA) is 66.4 Å². The summed E-state index contributed by atoms with van der Waals surface area (Å²) in [6.45, 7) is 8.62. The highest BCUT2D eigenvalue weighted by Crippen LogP contribution is 2.75. The summed E-state index contributed by atoms with van der Waals surface area (Å²) in [7, 11) is 0. The first-order chi connectivity index (χ1) is 17.2.